The van der Waals surface area contributed by atoms with Crippen LogP contribution in [0.25, 0.3) is 0 Å². The van der Waals surface area contributed by atoms with Crippen LogP contribution in [0.15, 0.2) is 12.1 Å². The summed E-state index contributed by atoms with van der Waals surface area (Å²) >= 11 is 6.14. The van der Waals surface area contributed by atoms with Crippen LogP contribution in [-0.2, 0) is 0 Å². The van der Waals surface area contributed by atoms with E-state index in [0.29, 0.717) is 28.3 Å². The van der Waals surface area contributed by atoms with E-state index < -0.39 is 0 Å². The van der Waals surface area contributed by atoms with Gasteiger partial charge in [0.05, 0.1) is 24.9 Å². The molecule has 1 aliphatic rings. The third-order valence-corrected chi connectivity index (χ3v) is 3.97. The van der Waals surface area contributed by atoms with Gasteiger partial charge < -0.3 is 19.7 Å². The van der Waals surface area contributed by atoms with Gasteiger partial charge >= 0.3 is 6.03 Å². The third-order valence-electron chi connectivity index (χ3n) is 3.66. The topological polar surface area (TPSA) is 50.8 Å². The molecule has 2 amide bonds. The van der Waals surface area contributed by atoms with Crippen LogP contribution in [0, 0.1) is 0 Å². The highest BCUT2D eigenvalue weighted by Crippen LogP contribution is 2.36. The molecule has 2 rings (SSSR count). The van der Waals surface area contributed by atoms with Crippen molar-refractivity contribution in [2.45, 2.75) is 25.3 Å². The number of urea groups is 1. The Morgan fingerprint density at radius 1 is 1.30 bits per heavy atom. The van der Waals surface area contributed by atoms with Gasteiger partial charge in [0.15, 0.2) is 11.5 Å². The number of methoxy groups -OCH3 is 2. The van der Waals surface area contributed by atoms with Gasteiger partial charge in [0.1, 0.15) is 0 Å². The first-order valence-electron chi connectivity index (χ1n) is 6.52. The summed E-state index contributed by atoms with van der Waals surface area (Å²) in [6.45, 7) is 0. The van der Waals surface area contributed by atoms with Gasteiger partial charge in [-0.3, -0.25) is 0 Å². The van der Waals surface area contributed by atoms with E-state index in [4.69, 9.17) is 21.1 Å². The van der Waals surface area contributed by atoms with Crippen LogP contribution in [0.3, 0.4) is 0 Å². The maximum atomic E-state index is 12.1. The Morgan fingerprint density at radius 3 is 2.40 bits per heavy atom. The van der Waals surface area contributed by atoms with E-state index in [0.717, 1.165) is 12.8 Å². The van der Waals surface area contributed by atoms with Gasteiger partial charge in [0.25, 0.3) is 0 Å². The highest BCUT2D eigenvalue weighted by atomic mass is 35.5. The Hall–Kier alpha value is -1.62. The van der Waals surface area contributed by atoms with Crippen molar-refractivity contribution in [2.24, 2.45) is 0 Å². The molecule has 1 aliphatic carbocycles. The number of rotatable bonds is 4. The molecule has 1 fully saturated rings. The predicted molar refractivity (Wildman–Crippen MR) is 79.0 cm³/mol. The molecule has 1 aromatic rings. The number of hydrogen-bond donors (Lipinski definition) is 1. The van der Waals surface area contributed by atoms with Gasteiger partial charge in [-0.25, -0.2) is 4.79 Å². The van der Waals surface area contributed by atoms with Crippen LogP contribution in [0.5, 0.6) is 11.5 Å². The lowest BCUT2D eigenvalue weighted by Crippen LogP contribution is -2.43. The summed E-state index contributed by atoms with van der Waals surface area (Å²) in [7, 11) is 4.88. The highest BCUT2D eigenvalue weighted by molar-refractivity contribution is 6.34. The summed E-state index contributed by atoms with van der Waals surface area (Å²) in [5.41, 5.74) is 0.514. The van der Waals surface area contributed by atoms with Crippen molar-refractivity contribution in [3.63, 3.8) is 0 Å². The number of amides is 2. The summed E-state index contributed by atoms with van der Waals surface area (Å²) < 4.78 is 10.4. The molecule has 0 unspecified atom stereocenters. The van der Waals surface area contributed by atoms with Crippen molar-refractivity contribution < 1.29 is 14.3 Å². The highest BCUT2D eigenvalue weighted by Gasteiger charge is 2.26. The van der Waals surface area contributed by atoms with Crippen LogP contribution in [-0.4, -0.2) is 38.2 Å². The van der Waals surface area contributed by atoms with Crippen LogP contribution < -0.4 is 14.8 Å². The Bertz CT molecular complexity index is 503. The van der Waals surface area contributed by atoms with Crippen LogP contribution >= 0.6 is 11.6 Å². The zero-order chi connectivity index (χ0) is 14.7. The van der Waals surface area contributed by atoms with Crippen molar-refractivity contribution in [1.29, 1.82) is 0 Å². The average molecular weight is 299 g/mol. The average Bonchev–Trinajstić information content (AvgIpc) is 2.38. The summed E-state index contributed by atoms with van der Waals surface area (Å²) in [5, 5.41) is 3.22. The van der Waals surface area contributed by atoms with Gasteiger partial charge in [-0.2, -0.15) is 0 Å². The number of nitrogens with one attached hydrogen (secondary N) is 1. The molecular weight excluding hydrogens is 280 g/mol. The molecule has 110 valence electrons. The lowest BCUT2D eigenvalue weighted by atomic mass is 9.92. The first-order chi connectivity index (χ1) is 9.56. The van der Waals surface area contributed by atoms with E-state index in [2.05, 4.69) is 5.32 Å². The van der Waals surface area contributed by atoms with E-state index in [1.165, 1.54) is 20.6 Å². The smallest absolute Gasteiger partial charge is 0.321 e. The molecular formula is C14H19ClN2O3. The SMILES string of the molecule is COc1cc(Cl)c(NC(=O)N(C)C2CCC2)cc1OC. The van der Waals surface area contributed by atoms with E-state index in [-0.39, 0.29) is 6.03 Å². The molecule has 20 heavy (non-hydrogen) atoms. The molecule has 1 N–H and O–H groups in total. The van der Waals surface area contributed by atoms with Crippen molar-refractivity contribution in [3.05, 3.63) is 17.2 Å². The lowest BCUT2D eigenvalue weighted by molar-refractivity contribution is 0.169. The van der Waals surface area contributed by atoms with Crippen molar-refractivity contribution in [3.8, 4) is 11.5 Å². The summed E-state index contributed by atoms with van der Waals surface area (Å²) in [4.78, 5) is 13.9. The van der Waals surface area contributed by atoms with Gasteiger partial charge in [-0.05, 0) is 19.3 Å². The molecule has 1 aromatic carbocycles. The Balaban J connectivity index is 2.13. The lowest BCUT2D eigenvalue weighted by Gasteiger charge is -2.34. The van der Waals surface area contributed by atoms with Crippen LogP contribution in [0.2, 0.25) is 5.02 Å². The molecule has 0 bridgehead atoms. The Kier molecular flexibility index (Phi) is 4.60. The fraction of sp³-hybridized carbons (Fsp3) is 0.500. The van der Waals surface area contributed by atoms with Gasteiger partial charge in [-0.1, -0.05) is 11.6 Å². The number of benzene rings is 1. The maximum absolute atomic E-state index is 12.1. The molecule has 0 aromatic heterocycles. The summed E-state index contributed by atoms with van der Waals surface area (Å²) in [6, 6.07) is 3.45. The first-order valence-corrected chi connectivity index (χ1v) is 6.90. The maximum Gasteiger partial charge on any atom is 0.321 e. The third kappa shape index (κ3) is 2.93. The van der Waals surface area contributed by atoms with Gasteiger partial charge in [0.2, 0.25) is 0 Å². The number of halogens is 1. The number of anilines is 1. The minimum absolute atomic E-state index is 0.163. The number of hydrogen-bond acceptors (Lipinski definition) is 3. The van der Waals surface area contributed by atoms with Gasteiger partial charge in [-0.15, -0.1) is 0 Å². The molecule has 0 saturated heterocycles. The monoisotopic (exact) mass is 298 g/mol. The Morgan fingerprint density at radius 2 is 1.90 bits per heavy atom. The number of carbonyl (C=O) groups excluding carboxylic acids is 1. The van der Waals surface area contributed by atoms with Crippen molar-refractivity contribution >= 4 is 23.3 Å². The van der Waals surface area contributed by atoms with Crippen molar-refractivity contribution in [1.82, 2.24) is 4.90 Å². The summed E-state index contributed by atoms with van der Waals surface area (Å²) in [6.07, 6.45) is 3.30. The van der Waals surface area contributed by atoms with E-state index in [9.17, 15) is 4.79 Å². The fourth-order valence-corrected chi connectivity index (χ4v) is 2.29. The molecule has 0 spiro atoms. The molecule has 6 heteroatoms. The first kappa shape index (κ1) is 14.8. The number of nitrogens with zero attached hydrogens (tertiary/aromatic N) is 1. The minimum Gasteiger partial charge on any atom is -0.493 e. The quantitative estimate of drug-likeness (QED) is 0.927. The molecule has 0 aliphatic heterocycles. The largest absolute Gasteiger partial charge is 0.493 e. The molecule has 0 radical (unpaired) electrons. The van der Waals surface area contributed by atoms with Crippen molar-refractivity contribution in [2.75, 3.05) is 26.6 Å². The van der Waals surface area contributed by atoms with E-state index in [1.54, 1.807) is 24.1 Å². The summed E-state index contributed by atoms with van der Waals surface area (Å²) in [5.74, 6) is 1.06. The second-order valence-electron chi connectivity index (χ2n) is 4.81. The minimum atomic E-state index is -0.163. The molecule has 0 atom stereocenters. The number of carbonyl (C=O) groups is 1. The molecule has 1 saturated carbocycles. The predicted octanol–water partition coefficient (Wildman–Crippen LogP) is 3.37. The number of ether oxygens (including phenoxy) is 2. The van der Waals surface area contributed by atoms with Gasteiger partial charge in [0, 0.05) is 25.2 Å². The fourth-order valence-electron chi connectivity index (χ4n) is 2.09. The van der Waals surface area contributed by atoms with E-state index in [1.807, 2.05) is 0 Å². The second-order valence-corrected chi connectivity index (χ2v) is 5.22. The second kappa shape index (κ2) is 6.22. The Labute approximate surface area is 123 Å². The standard InChI is InChI=1S/C14H19ClN2O3/c1-17(9-5-4-6-9)14(18)16-11-8-13(20-3)12(19-2)7-10(11)15/h7-9H,4-6H2,1-3H3,(H,16,18). The zero-order valence-corrected chi connectivity index (χ0v) is 12.7. The molecule has 0 heterocycles. The molecule has 5 nitrogen and oxygen atoms in total. The zero-order valence-electron chi connectivity index (χ0n) is 11.9. The van der Waals surface area contributed by atoms with Crippen LogP contribution in [0.1, 0.15) is 19.3 Å². The van der Waals surface area contributed by atoms with E-state index >= 15 is 0 Å². The normalized spacial score (nSPS) is 14.4. The van der Waals surface area contributed by atoms with Crippen LogP contribution in [0.4, 0.5) is 10.5 Å².